The Morgan fingerprint density at radius 2 is 2.33 bits per heavy atom. The van der Waals surface area contributed by atoms with E-state index in [0.29, 0.717) is 6.04 Å². The van der Waals surface area contributed by atoms with Gasteiger partial charge in [0.05, 0.1) is 12.2 Å². The maximum absolute atomic E-state index is 5.87. The highest BCUT2D eigenvalue weighted by Gasteiger charge is 2.21. The summed E-state index contributed by atoms with van der Waals surface area (Å²) in [7, 11) is 2.15. The largest absolute Gasteiger partial charge is 0.487 e. The molecule has 2 unspecified atom stereocenters. The molecule has 2 aliphatic heterocycles. The lowest BCUT2D eigenvalue weighted by atomic mass is 10.0. The quantitative estimate of drug-likeness (QED) is 0.866. The molecule has 0 saturated carbocycles. The summed E-state index contributed by atoms with van der Waals surface area (Å²) in [5, 5.41) is 3.56. The van der Waals surface area contributed by atoms with Gasteiger partial charge in [0, 0.05) is 13.1 Å². The van der Waals surface area contributed by atoms with Crippen LogP contribution in [0.25, 0.3) is 0 Å². The summed E-state index contributed by atoms with van der Waals surface area (Å²) in [5.41, 5.74) is 2.65. The van der Waals surface area contributed by atoms with Gasteiger partial charge in [0.1, 0.15) is 11.9 Å². The number of ether oxygens (including phenoxy) is 1. The van der Waals surface area contributed by atoms with E-state index < -0.39 is 0 Å². The van der Waals surface area contributed by atoms with E-state index in [4.69, 9.17) is 4.74 Å². The third-order valence-corrected chi connectivity index (χ3v) is 3.94. The molecule has 1 saturated heterocycles. The molecule has 1 aromatic rings. The Kier molecular flexibility index (Phi) is 3.16. The van der Waals surface area contributed by atoms with Gasteiger partial charge in [-0.05, 0) is 50.4 Å². The maximum atomic E-state index is 5.87. The van der Waals surface area contributed by atoms with Crippen LogP contribution in [0.4, 0.5) is 5.69 Å². The summed E-state index contributed by atoms with van der Waals surface area (Å²) >= 11 is 0. The van der Waals surface area contributed by atoms with E-state index in [1.165, 1.54) is 30.6 Å². The summed E-state index contributed by atoms with van der Waals surface area (Å²) in [6, 6.07) is 7.30. The molecule has 0 radical (unpaired) electrons. The first kappa shape index (κ1) is 11.8. The van der Waals surface area contributed by atoms with Crippen molar-refractivity contribution in [2.45, 2.75) is 38.3 Å². The first-order valence-electron chi connectivity index (χ1n) is 6.96. The van der Waals surface area contributed by atoms with Gasteiger partial charge in [-0.2, -0.15) is 0 Å². The van der Waals surface area contributed by atoms with Crippen molar-refractivity contribution in [3.05, 3.63) is 23.8 Å². The fourth-order valence-electron chi connectivity index (χ4n) is 3.04. The van der Waals surface area contributed by atoms with Gasteiger partial charge in [0.15, 0.2) is 0 Å². The van der Waals surface area contributed by atoms with Crippen LogP contribution in [-0.2, 0) is 6.42 Å². The summed E-state index contributed by atoms with van der Waals surface area (Å²) in [6.07, 6.45) is 4.04. The summed E-state index contributed by atoms with van der Waals surface area (Å²) in [4.78, 5) is 2.30. The average molecular weight is 246 g/mol. The van der Waals surface area contributed by atoms with Crippen molar-refractivity contribution in [2.75, 3.05) is 25.0 Å². The van der Waals surface area contributed by atoms with Crippen LogP contribution in [0, 0.1) is 0 Å². The molecule has 0 bridgehead atoms. The molecule has 0 aliphatic carbocycles. The number of nitrogens with one attached hydrogen (secondary N) is 1. The van der Waals surface area contributed by atoms with Gasteiger partial charge in [-0.15, -0.1) is 0 Å². The van der Waals surface area contributed by atoms with Crippen LogP contribution in [0.1, 0.15) is 25.3 Å². The molecule has 0 amide bonds. The molecule has 3 heteroatoms. The summed E-state index contributed by atoms with van der Waals surface area (Å²) in [6.45, 7) is 4.27. The van der Waals surface area contributed by atoms with Gasteiger partial charge in [-0.25, -0.2) is 0 Å². The Hall–Kier alpha value is -1.22. The number of hydrogen-bond acceptors (Lipinski definition) is 3. The fraction of sp³-hybridized carbons (Fsp3) is 0.600. The van der Waals surface area contributed by atoms with Gasteiger partial charge in [0.25, 0.3) is 0 Å². The SMILES string of the molecule is CC1CN(C)c2cc(CC3CCCN3)ccc2O1. The number of benzene rings is 1. The van der Waals surface area contributed by atoms with E-state index in [1.54, 1.807) is 0 Å². The van der Waals surface area contributed by atoms with Crippen LogP contribution in [0.5, 0.6) is 5.75 Å². The smallest absolute Gasteiger partial charge is 0.143 e. The maximum Gasteiger partial charge on any atom is 0.143 e. The number of hydrogen-bond donors (Lipinski definition) is 1. The van der Waals surface area contributed by atoms with Crippen molar-refractivity contribution in [1.82, 2.24) is 5.32 Å². The Bertz CT molecular complexity index is 427. The lowest BCUT2D eigenvalue weighted by Crippen LogP contribution is -2.35. The second-order valence-corrected chi connectivity index (χ2v) is 5.61. The van der Waals surface area contributed by atoms with Gasteiger partial charge in [-0.3, -0.25) is 0 Å². The molecular formula is C15H22N2O. The zero-order valence-corrected chi connectivity index (χ0v) is 11.3. The topological polar surface area (TPSA) is 24.5 Å². The average Bonchev–Trinajstić information content (AvgIpc) is 2.83. The minimum atomic E-state index is 0.282. The Morgan fingerprint density at radius 3 is 3.11 bits per heavy atom. The Labute approximate surface area is 109 Å². The van der Waals surface area contributed by atoms with Gasteiger partial charge in [0.2, 0.25) is 0 Å². The highest BCUT2D eigenvalue weighted by atomic mass is 16.5. The number of anilines is 1. The number of nitrogens with zero attached hydrogens (tertiary/aromatic N) is 1. The Morgan fingerprint density at radius 1 is 1.44 bits per heavy atom. The molecule has 3 rings (SSSR count). The molecule has 1 fully saturated rings. The summed E-state index contributed by atoms with van der Waals surface area (Å²) in [5.74, 6) is 1.03. The molecule has 1 aromatic carbocycles. The zero-order valence-electron chi connectivity index (χ0n) is 11.3. The number of rotatable bonds is 2. The second-order valence-electron chi connectivity index (χ2n) is 5.61. The first-order valence-corrected chi connectivity index (χ1v) is 6.96. The van der Waals surface area contributed by atoms with Gasteiger partial charge >= 0.3 is 0 Å². The van der Waals surface area contributed by atoms with Crippen LogP contribution >= 0.6 is 0 Å². The molecule has 1 N–H and O–H groups in total. The highest BCUT2D eigenvalue weighted by molar-refractivity contribution is 5.61. The lowest BCUT2D eigenvalue weighted by Gasteiger charge is -2.32. The molecule has 2 heterocycles. The predicted octanol–water partition coefficient (Wildman–Crippen LogP) is 2.20. The van der Waals surface area contributed by atoms with E-state index >= 15 is 0 Å². The van der Waals surface area contributed by atoms with E-state index in [-0.39, 0.29) is 6.10 Å². The molecular weight excluding hydrogens is 224 g/mol. The highest BCUT2D eigenvalue weighted by Crippen LogP contribution is 2.33. The van der Waals surface area contributed by atoms with Crippen molar-refractivity contribution in [2.24, 2.45) is 0 Å². The van der Waals surface area contributed by atoms with Crippen LogP contribution in [-0.4, -0.2) is 32.3 Å². The normalized spacial score (nSPS) is 26.9. The first-order chi connectivity index (χ1) is 8.72. The van der Waals surface area contributed by atoms with Crippen molar-refractivity contribution in [3.8, 4) is 5.75 Å². The third-order valence-electron chi connectivity index (χ3n) is 3.94. The van der Waals surface area contributed by atoms with E-state index in [2.05, 4.69) is 42.4 Å². The fourth-order valence-corrected chi connectivity index (χ4v) is 3.04. The van der Waals surface area contributed by atoms with Crippen molar-refractivity contribution >= 4 is 5.69 Å². The van der Waals surface area contributed by atoms with Crippen LogP contribution in [0.2, 0.25) is 0 Å². The molecule has 0 spiro atoms. The van der Waals surface area contributed by atoms with Crippen molar-refractivity contribution in [1.29, 1.82) is 0 Å². The van der Waals surface area contributed by atoms with Crippen LogP contribution in [0.15, 0.2) is 18.2 Å². The third kappa shape index (κ3) is 2.32. The molecule has 2 aliphatic rings. The molecule has 2 atom stereocenters. The zero-order chi connectivity index (χ0) is 12.5. The monoisotopic (exact) mass is 246 g/mol. The predicted molar refractivity (Wildman–Crippen MR) is 74.5 cm³/mol. The molecule has 18 heavy (non-hydrogen) atoms. The Balaban J connectivity index is 1.79. The van der Waals surface area contributed by atoms with Crippen LogP contribution < -0.4 is 15.0 Å². The van der Waals surface area contributed by atoms with Crippen molar-refractivity contribution in [3.63, 3.8) is 0 Å². The number of fused-ring (bicyclic) bond motifs is 1. The molecule has 0 aromatic heterocycles. The summed E-state index contributed by atoms with van der Waals surface area (Å²) < 4.78 is 5.87. The standard InChI is InChI=1S/C15H22N2O/c1-11-10-17(2)14-9-12(5-6-15(14)18-11)8-13-4-3-7-16-13/h5-6,9,11,13,16H,3-4,7-8,10H2,1-2H3. The lowest BCUT2D eigenvalue weighted by molar-refractivity contribution is 0.215. The minimum absolute atomic E-state index is 0.282. The molecule has 3 nitrogen and oxygen atoms in total. The number of likely N-dealkylation sites (N-methyl/N-ethyl adjacent to an activating group) is 1. The molecule has 98 valence electrons. The minimum Gasteiger partial charge on any atom is -0.487 e. The van der Waals surface area contributed by atoms with Crippen LogP contribution in [0.3, 0.4) is 0 Å². The second kappa shape index (κ2) is 4.81. The van der Waals surface area contributed by atoms with Gasteiger partial charge < -0.3 is 15.0 Å². The van der Waals surface area contributed by atoms with E-state index in [0.717, 1.165) is 18.7 Å². The van der Waals surface area contributed by atoms with E-state index in [9.17, 15) is 0 Å². The van der Waals surface area contributed by atoms with Gasteiger partial charge in [-0.1, -0.05) is 6.07 Å². The van der Waals surface area contributed by atoms with E-state index in [1.807, 2.05) is 0 Å². The van der Waals surface area contributed by atoms with Crippen molar-refractivity contribution < 1.29 is 4.74 Å².